The number of sulfonamides is 1. The standard InChI is InChI=1S/C25H29NO6S/c1-15-14-20-21(16(2)25(11-12-25)24(3,29)22(20)27)19(15)6-5-13-32-23(28)17-7-9-18(10-8-17)33(30,31)26-4/h7-10,14,26,29H,5-6,11-13H2,1-4H3/t24-/m0/s1. The van der Waals surface area contributed by atoms with Crippen molar-refractivity contribution < 1.29 is 27.9 Å². The van der Waals surface area contributed by atoms with E-state index in [4.69, 9.17) is 4.74 Å². The van der Waals surface area contributed by atoms with E-state index < -0.39 is 27.0 Å². The summed E-state index contributed by atoms with van der Waals surface area (Å²) in [6, 6.07) is 5.57. The Labute approximate surface area is 194 Å². The molecule has 0 bridgehead atoms. The van der Waals surface area contributed by atoms with Gasteiger partial charge >= 0.3 is 5.97 Å². The SMILES string of the molecule is CNS(=O)(=O)c1ccc(C(=O)OCCCC2=C(C)C=C3C(=O)[C@](C)(O)C4(CC4)C(C)=C32)cc1. The maximum Gasteiger partial charge on any atom is 0.338 e. The maximum atomic E-state index is 13.0. The first kappa shape index (κ1) is 23.6. The second-order valence-corrected chi connectivity index (χ2v) is 11.1. The molecule has 3 aliphatic rings. The van der Waals surface area contributed by atoms with Crippen LogP contribution in [0.3, 0.4) is 0 Å². The van der Waals surface area contributed by atoms with E-state index >= 15 is 0 Å². The summed E-state index contributed by atoms with van der Waals surface area (Å²) in [6.07, 6.45) is 4.73. The van der Waals surface area contributed by atoms with Gasteiger partial charge in [-0.05, 0) is 101 Å². The van der Waals surface area contributed by atoms with Crippen molar-refractivity contribution in [2.45, 2.75) is 57.0 Å². The Hall–Kier alpha value is -2.55. The largest absolute Gasteiger partial charge is 0.462 e. The van der Waals surface area contributed by atoms with Gasteiger partial charge in [-0.1, -0.05) is 5.57 Å². The molecule has 8 heteroatoms. The number of carbonyl (C=O) groups excluding carboxylic acids is 2. The van der Waals surface area contributed by atoms with E-state index in [1.54, 1.807) is 6.92 Å². The summed E-state index contributed by atoms with van der Waals surface area (Å²) >= 11 is 0. The molecule has 1 saturated carbocycles. The minimum absolute atomic E-state index is 0.0755. The summed E-state index contributed by atoms with van der Waals surface area (Å²) in [5.74, 6) is -0.722. The number of fused-ring (bicyclic) bond motifs is 1. The van der Waals surface area contributed by atoms with E-state index in [-0.39, 0.29) is 22.8 Å². The molecular weight excluding hydrogens is 442 g/mol. The number of allylic oxidation sites excluding steroid dienone is 4. The van der Waals surface area contributed by atoms with Crippen molar-refractivity contribution in [1.82, 2.24) is 4.72 Å². The van der Waals surface area contributed by atoms with Gasteiger partial charge in [-0.25, -0.2) is 17.9 Å². The van der Waals surface area contributed by atoms with E-state index in [0.717, 1.165) is 35.1 Å². The monoisotopic (exact) mass is 471 g/mol. The molecule has 0 heterocycles. The highest BCUT2D eigenvalue weighted by molar-refractivity contribution is 7.89. The van der Waals surface area contributed by atoms with Crippen LogP contribution in [0, 0.1) is 5.41 Å². The third-order valence-electron chi connectivity index (χ3n) is 7.34. The molecule has 1 aromatic rings. The van der Waals surface area contributed by atoms with Crippen molar-refractivity contribution in [3.63, 3.8) is 0 Å². The quantitative estimate of drug-likeness (QED) is 0.467. The first-order chi connectivity index (χ1) is 15.5. The van der Waals surface area contributed by atoms with E-state index in [1.807, 2.05) is 19.9 Å². The average Bonchev–Trinajstić information content (AvgIpc) is 3.54. The van der Waals surface area contributed by atoms with Crippen LogP contribution in [0.4, 0.5) is 0 Å². The smallest absolute Gasteiger partial charge is 0.338 e. The van der Waals surface area contributed by atoms with Gasteiger partial charge in [-0.15, -0.1) is 0 Å². The third-order valence-corrected chi connectivity index (χ3v) is 8.77. The van der Waals surface area contributed by atoms with Crippen LogP contribution in [-0.2, 0) is 19.6 Å². The molecule has 7 nitrogen and oxygen atoms in total. The Bertz CT molecular complexity index is 1230. The number of Topliss-reactive ketones (excluding diaryl/α,β-unsaturated/α-hetero) is 1. The van der Waals surface area contributed by atoms with Gasteiger partial charge in [0.25, 0.3) is 0 Å². The first-order valence-electron chi connectivity index (χ1n) is 11.1. The molecule has 0 aliphatic heterocycles. The summed E-state index contributed by atoms with van der Waals surface area (Å²) in [7, 11) is -2.24. The normalized spacial score (nSPS) is 23.7. The Morgan fingerprint density at radius 2 is 1.82 bits per heavy atom. The Morgan fingerprint density at radius 3 is 2.39 bits per heavy atom. The van der Waals surface area contributed by atoms with E-state index in [2.05, 4.69) is 4.72 Å². The van der Waals surface area contributed by atoms with Gasteiger partial charge < -0.3 is 9.84 Å². The molecular formula is C25H29NO6S. The minimum Gasteiger partial charge on any atom is -0.462 e. The second-order valence-electron chi connectivity index (χ2n) is 9.17. The zero-order chi connectivity index (χ0) is 24.2. The van der Waals surface area contributed by atoms with Gasteiger partial charge in [0, 0.05) is 11.0 Å². The highest BCUT2D eigenvalue weighted by atomic mass is 32.2. The molecule has 33 heavy (non-hydrogen) atoms. The molecule has 0 saturated heterocycles. The van der Waals surface area contributed by atoms with Crippen LogP contribution in [0.25, 0.3) is 0 Å². The van der Waals surface area contributed by atoms with E-state index in [1.165, 1.54) is 31.3 Å². The fourth-order valence-electron chi connectivity index (χ4n) is 5.12. The van der Waals surface area contributed by atoms with Gasteiger partial charge in [0.1, 0.15) is 5.60 Å². The summed E-state index contributed by atoms with van der Waals surface area (Å²) < 4.78 is 31.2. The van der Waals surface area contributed by atoms with Crippen molar-refractivity contribution in [3.8, 4) is 0 Å². The van der Waals surface area contributed by atoms with Gasteiger partial charge in [0.05, 0.1) is 17.1 Å². The molecule has 1 aromatic carbocycles. The number of rotatable bonds is 7. The Kier molecular flexibility index (Phi) is 5.75. The van der Waals surface area contributed by atoms with E-state index in [9.17, 15) is 23.1 Å². The zero-order valence-electron chi connectivity index (χ0n) is 19.3. The number of esters is 1. The highest BCUT2D eigenvalue weighted by Gasteiger charge is 2.64. The van der Waals surface area contributed by atoms with Gasteiger partial charge in [-0.3, -0.25) is 4.79 Å². The van der Waals surface area contributed by atoms with Crippen LogP contribution in [0.1, 0.15) is 56.8 Å². The van der Waals surface area contributed by atoms with Crippen molar-refractivity contribution in [2.75, 3.05) is 13.7 Å². The molecule has 2 N–H and O–H groups in total. The molecule has 0 aromatic heterocycles. The molecule has 0 unspecified atom stereocenters. The lowest BCUT2D eigenvalue weighted by molar-refractivity contribution is -0.137. The summed E-state index contributed by atoms with van der Waals surface area (Å²) in [4.78, 5) is 25.4. The van der Waals surface area contributed by atoms with Crippen molar-refractivity contribution in [2.24, 2.45) is 5.41 Å². The summed E-state index contributed by atoms with van der Waals surface area (Å²) in [5, 5.41) is 10.9. The van der Waals surface area contributed by atoms with Crippen molar-refractivity contribution in [1.29, 1.82) is 0 Å². The van der Waals surface area contributed by atoms with Crippen LogP contribution in [0.15, 0.2) is 63.1 Å². The average molecular weight is 472 g/mol. The molecule has 4 rings (SSSR count). The van der Waals surface area contributed by atoms with Gasteiger partial charge in [-0.2, -0.15) is 0 Å². The molecule has 176 valence electrons. The predicted molar refractivity (Wildman–Crippen MR) is 123 cm³/mol. The van der Waals surface area contributed by atoms with Crippen LogP contribution in [0.2, 0.25) is 0 Å². The predicted octanol–water partition coefficient (Wildman–Crippen LogP) is 3.22. The lowest BCUT2D eigenvalue weighted by Crippen LogP contribution is -2.49. The number of ketones is 1. The number of aliphatic hydroxyl groups is 1. The van der Waals surface area contributed by atoms with Crippen LogP contribution < -0.4 is 4.72 Å². The minimum atomic E-state index is -3.56. The van der Waals surface area contributed by atoms with E-state index in [0.29, 0.717) is 18.4 Å². The lowest BCUT2D eigenvalue weighted by Gasteiger charge is -2.39. The zero-order valence-corrected chi connectivity index (χ0v) is 20.1. The number of ether oxygens (including phenoxy) is 1. The first-order valence-corrected chi connectivity index (χ1v) is 12.6. The fraction of sp³-hybridized carbons (Fsp3) is 0.440. The Balaban J connectivity index is 1.39. The van der Waals surface area contributed by atoms with Crippen molar-refractivity contribution in [3.05, 3.63) is 63.8 Å². The maximum absolute atomic E-state index is 13.0. The molecule has 1 fully saturated rings. The highest BCUT2D eigenvalue weighted by Crippen LogP contribution is 2.65. The van der Waals surface area contributed by atoms with Crippen LogP contribution >= 0.6 is 0 Å². The summed E-state index contributed by atoms with van der Waals surface area (Å²) in [6.45, 7) is 5.82. The van der Waals surface area contributed by atoms with Crippen LogP contribution in [0.5, 0.6) is 0 Å². The number of carbonyl (C=O) groups is 2. The number of benzene rings is 1. The van der Waals surface area contributed by atoms with Gasteiger partial charge in [0.2, 0.25) is 10.0 Å². The molecule has 1 spiro atoms. The third kappa shape index (κ3) is 3.70. The van der Waals surface area contributed by atoms with Crippen LogP contribution in [-0.4, -0.2) is 44.5 Å². The van der Waals surface area contributed by atoms with Crippen molar-refractivity contribution >= 4 is 21.8 Å². The molecule has 1 atom stereocenters. The fourth-order valence-corrected chi connectivity index (χ4v) is 5.85. The second kappa shape index (κ2) is 8.04. The topological polar surface area (TPSA) is 110 Å². The lowest BCUT2D eigenvalue weighted by atomic mass is 9.67. The van der Waals surface area contributed by atoms with Gasteiger partial charge in [0.15, 0.2) is 5.78 Å². The molecule has 0 radical (unpaired) electrons. The number of hydrogen-bond donors (Lipinski definition) is 2. The number of hydrogen-bond acceptors (Lipinski definition) is 6. The number of nitrogens with one attached hydrogen (secondary N) is 1. The Morgan fingerprint density at radius 1 is 1.18 bits per heavy atom. The molecule has 0 amide bonds. The summed E-state index contributed by atoms with van der Waals surface area (Å²) in [5.41, 5.74) is 3.19. The molecule has 3 aliphatic carbocycles.